The molecule has 8 heteroatoms. The molecule has 1 aromatic heterocycles. The maximum atomic E-state index is 13.0. The van der Waals surface area contributed by atoms with E-state index in [4.69, 9.17) is 34.8 Å². The molecule has 1 saturated heterocycles. The number of carbonyl (C=O) groups excluding carboxylic acids is 2. The maximum Gasteiger partial charge on any atom is 0.333 e. The summed E-state index contributed by atoms with van der Waals surface area (Å²) in [5.74, 6) is -0.427. The first kappa shape index (κ1) is 21.6. The van der Waals surface area contributed by atoms with E-state index in [0.29, 0.717) is 27.3 Å². The molecule has 33 heavy (non-hydrogen) atoms. The highest BCUT2D eigenvalue weighted by atomic mass is 35.5. The van der Waals surface area contributed by atoms with Crippen LogP contribution >= 0.6 is 34.8 Å². The summed E-state index contributed by atoms with van der Waals surface area (Å²) < 4.78 is 2.07. The summed E-state index contributed by atoms with van der Waals surface area (Å²) in [5.41, 5.74) is 3.44. The molecule has 3 aromatic carbocycles. The zero-order valence-electron chi connectivity index (χ0n) is 17.1. The fourth-order valence-electron chi connectivity index (χ4n) is 3.87. The minimum atomic E-state index is -0.506. The van der Waals surface area contributed by atoms with Crippen molar-refractivity contribution in [1.82, 2.24) is 9.88 Å². The Labute approximate surface area is 204 Å². The van der Waals surface area contributed by atoms with Crippen LogP contribution in [0, 0.1) is 0 Å². The number of imide groups is 1. The number of anilines is 1. The highest BCUT2D eigenvalue weighted by Crippen LogP contribution is 2.29. The predicted octanol–water partition coefficient (Wildman–Crippen LogP) is 6.75. The highest BCUT2D eigenvalue weighted by molar-refractivity contribution is 6.42. The number of para-hydroxylation sites is 1. The number of nitrogens with one attached hydrogen (secondary N) is 1. The molecular formula is C25H16Cl3N3O2. The van der Waals surface area contributed by atoms with Crippen molar-refractivity contribution in [3.63, 3.8) is 0 Å². The van der Waals surface area contributed by atoms with Crippen molar-refractivity contribution in [2.75, 3.05) is 4.90 Å². The van der Waals surface area contributed by atoms with E-state index in [-0.39, 0.29) is 5.70 Å². The summed E-state index contributed by atoms with van der Waals surface area (Å²) in [4.78, 5) is 26.6. The van der Waals surface area contributed by atoms with E-state index >= 15 is 0 Å². The van der Waals surface area contributed by atoms with Crippen molar-refractivity contribution in [3.05, 3.63) is 105 Å². The third kappa shape index (κ3) is 4.11. The van der Waals surface area contributed by atoms with Gasteiger partial charge in [-0.15, -0.1) is 0 Å². The first-order valence-electron chi connectivity index (χ1n) is 10.1. The Balaban J connectivity index is 1.51. The number of hydrogen-bond acceptors (Lipinski definition) is 2. The molecule has 5 nitrogen and oxygen atoms in total. The summed E-state index contributed by atoms with van der Waals surface area (Å²) in [7, 11) is 0. The van der Waals surface area contributed by atoms with E-state index in [2.05, 4.69) is 9.88 Å². The molecule has 0 radical (unpaired) electrons. The molecule has 0 atom stereocenters. The van der Waals surface area contributed by atoms with Gasteiger partial charge in [-0.05, 0) is 54.1 Å². The molecule has 0 unspecified atom stereocenters. The van der Waals surface area contributed by atoms with Gasteiger partial charge in [0, 0.05) is 34.2 Å². The normalized spacial score (nSPS) is 15.0. The summed E-state index contributed by atoms with van der Waals surface area (Å²) >= 11 is 18.2. The lowest BCUT2D eigenvalue weighted by Gasteiger charge is -2.11. The van der Waals surface area contributed by atoms with Crippen LogP contribution in [-0.2, 0) is 11.3 Å². The quantitative estimate of drug-likeness (QED) is 0.251. The molecule has 3 amide bonds. The van der Waals surface area contributed by atoms with E-state index < -0.39 is 11.9 Å². The Hall–Kier alpha value is -3.25. The number of fused-ring (bicyclic) bond motifs is 1. The van der Waals surface area contributed by atoms with Gasteiger partial charge in [-0.25, -0.2) is 9.69 Å². The van der Waals surface area contributed by atoms with Gasteiger partial charge in [0.25, 0.3) is 5.91 Å². The Morgan fingerprint density at radius 3 is 2.39 bits per heavy atom. The van der Waals surface area contributed by atoms with Crippen molar-refractivity contribution < 1.29 is 9.59 Å². The second-order valence-corrected chi connectivity index (χ2v) is 8.83. The predicted molar refractivity (Wildman–Crippen MR) is 133 cm³/mol. The van der Waals surface area contributed by atoms with Gasteiger partial charge in [0.05, 0.1) is 15.7 Å². The van der Waals surface area contributed by atoms with Gasteiger partial charge in [0.1, 0.15) is 5.70 Å². The molecule has 1 aliphatic rings. The molecule has 4 aromatic rings. The molecule has 2 heterocycles. The first-order chi connectivity index (χ1) is 15.9. The fraction of sp³-hybridized carbons (Fsp3) is 0.0400. The standard InChI is InChI=1S/C25H16Cl3N3O2/c26-17-6-8-18(9-7-17)31-24(32)22(29-25(31)33)12-16-14-30(23-4-2-1-3-19(16)23)13-15-5-10-20(27)21(28)11-15/h1-12,14H,13H2,(H,29,33)/b22-12+. The molecule has 1 N–H and O–H groups in total. The Morgan fingerprint density at radius 1 is 0.879 bits per heavy atom. The molecule has 5 rings (SSSR count). The highest BCUT2D eigenvalue weighted by Gasteiger charge is 2.35. The molecular weight excluding hydrogens is 481 g/mol. The number of nitrogens with zero attached hydrogens (tertiary/aromatic N) is 2. The summed E-state index contributed by atoms with van der Waals surface area (Å²) in [5, 5.41) is 5.16. The maximum absolute atomic E-state index is 13.0. The minimum Gasteiger partial charge on any atom is -0.342 e. The van der Waals surface area contributed by atoms with Crippen LogP contribution in [0.5, 0.6) is 0 Å². The van der Waals surface area contributed by atoms with Crippen LogP contribution in [0.15, 0.2) is 78.6 Å². The van der Waals surface area contributed by atoms with Gasteiger partial charge in [-0.3, -0.25) is 4.79 Å². The van der Waals surface area contributed by atoms with Crippen LogP contribution in [0.1, 0.15) is 11.1 Å². The number of urea groups is 1. The smallest absolute Gasteiger partial charge is 0.333 e. The van der Waals surface area contributed by atoms with Crippen molar-refractivity contribution in [1.29, 1.82) is 0 Å². The Morgan fingerprint density at radius 2 is 1.64 bits per heavy atom. The van der Waals surface area contributed by atoms with Gasteiger partial charge >= 0.3 is 6.03 Å². The molecule has 0 saturated carbocycles. The molecule has 0 aliphatic carbocycles. The Kier molecular flexibility index (Phi) is 5.62. The zero-order chi connectivity index (χ0) is 23.1. The van der Waals surface area contributed by atoms with E-state index in [1.807, 2.05) is 42.6 Å². The van der Waals surface area contributed by atoms with Gasteiger partial charge in [0.15, 0.2) is 0 Å². The fourth-order valence-corrected chi connectivity index (χ4v) is 4.32. The van der Waals surface area contributed by atoms with Crippen LogP contribution in [0.25, 0.3) is 17.0 Å². The van der Waals surface area contributed by atoms with Crippen molar-refractivity contribution in [3.8, 4) is 0 Å². The third-order valence-electron chi connectivity index (χ3n) is 5.42. The van der Waals surface area contributed by atoms with E-state index in [1.165, 1.54) is 0 Å². The number of rotatable bonds is 4. The Bertz CT molecular complexity index is 1440. The second-order valence-electron chi connectivity index (χ2n) is 7.58. The van der Waals surface area contributed by atoms with Crippen LogP contribution in [0.4, 0.5) is 10.5 Å². The summed E-state index contributed by atoms with van der Waals surface area (Å²) in [6, 6.07) is 19.4. The molecule has 0 spiro atoms. The summed E-state index contributed by atoms with van der Waals surface area (Å²) in [6.07, 6.45) is 3.65. The van der Waals surface area contributed by atoms with Crippen LogP contribution in [0.2, 0.25) is 15.1 Å². The molecule has 0 bridgehead atoms. The number of aromatic nitrogens is 1. The lowest BCUT2D eigenvalue weighted by Crippen LogP contribution is -2.30. The van der Waals surface area contributed by atoms with Gasteiger partial charge in [-0.1, -0.05) is 59.1 Å². The largest absolute Gasteiger partial charge is 0.342 e. The van der Waals surface area contributed by atoms with Crippen molar-refractivity contribution in [2.45, 2.75) is 6.54 Å². The zero-order valence-corrected chi connectivity index (χ0v) is 19.3. The van der Waals surface area contributed by atoms with Crippen LogP contribution in [-0.4, -0.2) is 16.5 Å². The topological polar surface area (TPSA) is 54.3 Å². The first-order valence-corrected chi connectivity index (χ1v) is 11.2. The number of carbonyl (C=O) groups is 2. The molecule has 1 aliphatic heterocycles. The monoisotopic (exact) mass is 495 g/mol. The van der Waals surface area contributed by atoms with E-state index in [9.17, 15) is 9.59 Å². The SMILES string of the molecule is O=C1N/C(=C/c2cn(Cc3ccc(Cl)c(Cl)c3)c3ccccc23)C(=O)N1c1ccc(Cl)cc1. The van der Waals surface area contributed by atoms with Crippen molar-refractivity contribution >= 4 is 69.4 Å². The minimum absolute atomic E-state index is 0.201. The average Bonchev–Trinajstić information content (AvgIpc) is 3.28. The number of hydrogen-bond donors (Lipinski definition) is 1. The lowest BCUT2D eigenvalue weighted by molar-refractivity contribution is -0.113. The van der Waals surface area contributed by atoms with Crippen LogP contribution < -0.4 is 10.2 Å². The van der Waals surface area contributed by atoms with Crippen LogP contribution in [0.3, 0.4) is 0 Å². The van der Waals surface area contributed by atoms with Crippen molar-refractivity contribution in [2.24, 2.45) is 0 Å². The average molecular weight is 497 g/mol. The summed E-state index contributed by atoms with van der Waals surface area (Å²) in [6.45, 7) is 0.567. The van der Waals surface area contributed by atoms with Gasteiger partial charge in [-0.2, -0.15) is 0 Å². The van der Waals surface area contributed by atoms with E-state index in [1.54, 1.807) is 36.4 Å². The lowest BCUT2D eigenvalue weighted by atomic mass is 10.1. The number of amides is 3. The molecule has 164 valence electrons. The van der Waals surface area contributed by atoms with Gasteiger partial charge < -0.3 is 9.88 Å². The third-order valence-corrected chi connectivity index (χ3v) is 6.41. The second kappa shape index (κ2) is 8.60. The van der Waals surface area contributed by atoms with Gasteiger partial charge in [0.2, 0.25) is 0 Å². The number of halogens is 3. The van der Waals surface area contributed by atoms with E-state index in [0.717, 1.165) is 26.9 Å². The molecule has 1 fully saturated rings. The number of benzene rings is 3.